The van der Waals surface area contributed by atoms with E-state index in [1.807, 2.05) is 37.9 Å². The normalized spacial score (nSPS) is 10.5. The lowest BCUT2D eigenvalue weighted by atomic mass is 10.1. The molecule has 2 N–H and O–H groups in total. The monoisotopic (exact) mass is 415 g/mol. The fourth-order valence-corrected chi connectivity index (χ4v) is 3.28. The Kier molecular flexibility index (Phi) is 8.06. The fraction of sp³-hybridized carbons (Fsp3) is 0.364. The highest BCUT2D eigenvalue weighted by molar-refractivity contribution is 5.96. The molecule has 0 fully saturated rings. The van der Waals surface area contributed by atoms with Gasteiger partial charge in [-0.15, -0.1) is 0 Å². The van der Waals surface area contributed by atoms with Crippen LogP contribution in [0.2, 0.25) is 0 Å². The number of nitrogens with zero attached hydrogens (tertiary/aromatic N) is 1. The Morgan fingerprint density at radius 3 is 2.10 bits per heavy atom. The largest absolute Gasteiger partial charge is 0.496 e. The molecule has 8 heteroatoms. The molecule has 0 aliphatic heterocycles. The summed E-state index contributed by atoms with van der Waals surface area (Å²) in [5.41, 5.74) is 8.36. The lowest BCUT2D eigenvalue weighted by molar-refractivity contribution is -0.122. The summed E-state index contributed by atoms with van der Waals surface area (Å²) in [6.07, 6.45) is 0. The Bertz CT molecular complexity index is 891. The number of amides is 2. The molecule has 0 saturated heterocycles. The number of nitrogens with one attached hydrogen (secondary N) is 2. The van der Waals surface area contributed by atoms with Crippen molar-refractivity contribution >= 4 is 11.8 Å². The average molecular weight is 415 g/mol. The van der Waals surface area contributed by atoms with Crippen molar-refractivity contribution in [1.29, 1.82) is 0 Å². The summed E-state index contributed by atoms with van der Waals surface area (Å²) in [7, 11) is 6.50. The molecular formula is C22H29N3O5. The molecular weight excluding hydrogens is 386 g/mol. The van der Waals surface area contributed by atoms with Crippen molar-refractivity contribution in [1.82, 2.24) is 15.8 Å². The van der Waals surface area contributed by atoms with E-state index in [1.165, 1.54) is 14.2 Å². The van der Waals surface area contributed by atoms with E-state index >= 15 is 0 Å². The smallest absolute Gasteiger partial charge is 0.269 e. The van der Waals surface area contributed by atoms with Crippen molar-refractivity contribution in [3.8, 4) is 17.2 Å². The number of likely N-dealkylation sites (N-methyl/N-ethyl adjacent to an activating group) is 1. The van der Waals surface area contributed by atoms with E-state index in [-0.39, 0.29) is 12.5 Å². The second kappa shape index (κ2) is 10.5. The highest BCUT2D eigenvalue weighted by Crippen LogP contribution is 2.27. The van der Waals surface area contributed by atoms with Crippen LogP contribution in [-0.2, 0) is 11.3 Å². The summed E-state index contributed by atoms with van der Waals surface area (Å²) in [4.78, 5) is 26.3. The van der Waals surface area contributed by atoms with Gasteiger partial charge >= 0.3 is 0 Å². The fourth-order valence-electron chi connectivity index (χ4n) is 3.28. The summed E-state index contributed by atoms with van der Waals surface area (Å²) >= 11 is 0. The molecule has 0 unspecified atom stereocenters. The van der Waals surface area contributed by atoms with Crippen LogP contribution in [0.15, 0.2) is 30.3 Å². The van der Waals surface area contributed by atoms with Gasteiger partial charge in [0.15, 0.2) is 11.5 Å². The number of methoxy groups -OCH3 is 3. The van der Waals surface area contributed by atoms with E-state index in [2.05, 4.69) is 10.9 Å². The first kappa shape index (κ1) is 23.0. The molecule has 2 amide bonds. The molecule has 0 bridgehead atoms. The van der Waals surface area contributed by atoms with Crippen LogP contribution in [0.5, 0.6) is 17.2 Å². The third-order valence-corrected chi connectivity index (χ3v) is 4.55. The minimum absolute atomic E-state index is 0.121. The molecule has 2 aromatic rings. The molecule has 0 aliphatic carbocycles. The van der Waals surface area contributed by atoms with E-state index in [0.29, 0.717) is 23.6 Å². The first-order chi connectivity index (χ1) is 14.3. The van der Waals surface area contributed by atoms with Crippen molar-refractivity contribution in [2.45, 2.75) is 20.4 Å². The van der Waals surface area contributed by atoms with Crippen molar-refractivity contribution < 1.29 is 23.8 Å². The third kappa shape index (κ3) is 5.87. The van der Waals surface area contributed by atoms with Gasteiger partial charge < -0.3 is 14.2 Å². The van der Waals surface area contributed by atoms with Gasteiger partial charge in [0.1, 0.15) is 5.75 Å². The maximum absolute atomic E-state index is 12.3. The van der Waals surface area contributed by atoms with Gasteiger partial charge in [-0.2, -0.15) is 0 Å². The molecule has 0 radical (unpaired) electrons. The molecule has 0 aromatic heterocycles. The number of hydrogen-bond acceptors (Lipinski definition) is 6. The number of carbonyl (C=O) groups is 2. The van der Waals surface area contributed by atoms with Crippen LogP contribution in [0, 0.1) is 13.8 Å². The molecule has 2 aromatic carbocycles. The van der Waals surface area contributed by atoms with Crippen LogP contribution >= 0.6 is 0 Å². The number of ether oxygens (including phenoxy) is 3. The Morgan fingerprint density at radius 2 is 1.53 bits per heavy atom. The number of hydrazine groups is 1. The maximum atomic E-state index is 12.3. The zero-order chi connectivity index (χ0) is 22.3. The molecule has 0 saturated carbocycles. The van der Waals surface area contributed by atoms with Gasteiger partial charge in [-0.1, -0.05) is 12.1 Å². The van der Waals surface area contributed by atoms with Crippen LogP contribution in [-0.4, -0.2) is 51.6 Å². The van der Waals surface area contributed by atoms with Crippen molar-refractivity contribution in [3.05, 3.63) is 52.6 Å². The zero-order valence-electron chi connectivity index (χ0n) is 18.3. The van der Waals surface area contributed by atoms with Gasteiger partial charge in [0.2, 0.25) is 0 Å². The van der Waals surface area contributed by atoms with Crippen LogP contribution in [0.25, 0.3) is 0 Å². The lowest BCUT2D eigenvalue weighted by Crippen LogP contribution is -2.45. The molecule has 2 rings (SSSR count). The van der Waals surface area contributed by atoms with E-state index in [1.54, 1.807) is 25.3 Å². The molecule has 8 nitrogen and oxygen atoms in total. The first-order valence-corrected chi connectivity index (χ1v) is 9.42. The second-order valence-electron chi connectivity index (χ2n) is 7.01. The Hall–Kier alpha value is -3.26. The highest BCUT2D eigenvalue weighted by Gasteiger charge is 2.13. The van der Waals surface area contributed by atoms with Crippen LogP contribution in [0.3, 0.4) is 0 Å². The molecule has 162 valence electrons. The number of hydrogen-bond donors (Lipinski definition) is 2. The first-order valence-electron chi connectivity index (χ1n) is 9.42. The van der Waals surface area contributed by atoms with Gasteiger partial charge in [0.25, 0.3) is 11.8 Å². The van der Waals surface area contributed by atoms with E-state index in [9.17, 15) is 9.59 Å². The maximum Gasteiger partial charge on any atom is 0.269 e. The summed E-state index contributed by atoms with van der Waals surface area (Å²) in [5, 5.41) is 0. The molecule has 30 heavy (non-hydrogen) atoms. The topological polar surface area (TPSA) is 89.1 Å². The van der Waals surface area contributed by atoms with E-state index in [4.69, 9.17) is 14.2 Å². The van der Waals surface area contributed by atoms with Gasteiger partial charge in [-0.3, -0.25) is 25.3 Å². The lowest BCUT2D eigenvalue weighted by Gasteiger charge is -2.18. The zero-order valence-corrected chi connectivity index (χ0v) is 18.3. The van der Waals surface area contributed by atoms with Crippen LogP contribution in [0.1, 0.15) is 27.0 Å². The predicted molar refractivity (Wildman–Crippen MR) is 114 cm³/mol. The Balaban J connectivity index is 1.89. The Labute approximate surface area is 177 Å². The van der Waals surface area contributed by atoms with E-state index in [0.717, 1.165) is 22.4 Å². The summed E-state index contributed by atoms with van der Waals surface area (Å²) in [6.45, 7) is 4.69. The average Bonchev–Trinajstić information content (AvgIpc) is 2.71. The van der Waals surface area contributed by atoms with Crippen LogP contribution < -0.4 is 25.1 Å². The summed E-state index contributed by atoms with van der Waals surface area (Å²) in [6, 6.07) is 8.84. The van der Waals surface area contributed by atoms with Gasteiger partial charge in [0.05, 0.1) is 27.9 Å². The molecule has 0 aliphatic rings. The number of benzene rings is 2. The summed E-state index contributed by atoms with van der Waals surface area (Å²) < 4.78 is 15.7. The molecule has 0 heterocycles. The predicted octanol–water partition coefficient (Wildman–Crippen LogP) is 2.22. The van der Waals surface area contributed by atoms with Crippen molar-refractivity contribution in [2.24, 2.45) is 0 Å². The molecule has 0 spiro atoms. The van der Waals surface area contributed by atoms with Gasteiger partial charge in [-0.05, 0) is 55.8 Å². The minimum atomic E-state index is -0.451. The minimum Gasteiger partial charge on any atom is -0.496 e. The summed E-state index contributed by atoms with van der Waals surface area (Å²) in [5.74, 6) is 1.05. The second-order valence-corrected chi connectivity index (χ2v) is 7.01. The molecule has 0 atom stereocenters. The Morgan fingerprint density at radius 1 is 0.900 bits per heavy atom. The quantitative estimate of drug-likeness (QED) is 0.643. The standard InChI is InChI=1S/C22H29N3O5/c1-14-9-16(10-15(2)21(14)30-6)12-25(3)13-20(26)23-24-22(27)17-7-8-18(28-4)19(11-17)29-5/h7-11H,12-13H2,1-6H3,(H,23,26)(H,24,27). The van der Waals surface area contributed by atoms with Gasteiger partial charge in [0, 0.05) is 12.1 Å². The number of rotatable bonds is 8. The third-order valence-electron chi connectivity index (χ3n) is 4.55. The number of carbonyl (C=O) groups excluding carboxylic acids is 2. The SMILES string of the molecule is COc1ccc(C(=O)NNC(=O)CN(C)Cc2cc(C)c(OC)c(C)c2)cc1OC. The van der Waals surface area contributed by atoms with E-state index < -0.39 is 5.91 Å². The highest BCUT2D eigenvalue weighted by atomic mass is 16.5. The van der Waals surface area contributed by atoms with Crippen molar-refractivity contribution in [3.63, 3.8) is 0 Å². The van der Waals surface area contributed by atoms with Crippen molar-refractivity contribution in [2.75, 3.05) is 34.9 Å². The van der Waals surface area contributed by atoms with Gasteiger partial charge in [-0.25, -0.2) is 0 Å². The van der Waals surface area contributed by atoms with Crippen LogP contribution in [0.4, 0.5) is 0 Å². The number of aryl methyl sites for hydroxylation is 2.